The molecule has 0 aromatic rings. The maximum atomic E-state index is 12.3. The van der Waals surface area contributed by atoms with Crippen molar-refractivity contribution in [2.75, 3.05) is 27.4 Å². The molecule has 1 aliphatic rings. The number of unbranched alkanes of at least 4 members (excludes halogenated alkanes) is 1. The highest BCUT2D eigenvalue weighted by atomic mass is 16.6. The number of rotatable bonds is 8. The van der Waals surface area contributed by atoms with Crippen LogP contribution in [0.15, 0.2) is 0 Å². The lowest BCUT2D eigenvalue weighted by Gasteiger charge is -2.48. The van der Waals surface area contributed by atoms with Crippen LogP contribution in [0.4, 0.5) is 4.79 Å². The second-order valence-corrected chi connectivity index (χ2v) is 5.46. The Bertz CT molecular complexity index is 405. The van der Waals surface area contributed by atoms with Crippen LogP contribution < -0.4 is 0 Å². The molecule has 0 saturated heterocycles. The first kappa shape index (κ1) is 18.3. The van der Waals surface area contributed by atoms with Gasteiger partial charge in [0.2, 0.25) is 0 Å². The van der Waals surface area contributed by atoms with E-state index in [0.29, 0.717) is 19.4 Å². The summed E-state index contributed by atoms with van der Waals surface area (Å²) in [6, 6.07) is 0. The Morgan fingerprint density at radius 2 is 1.73 bits per heavy atom. The molecule has 0 radical (unpaired) electrons. The molecule has 0 atom stereocenters. The van der Waals surface area contributed by atoms with Crippen molar-refractivity contribution in [2.24, 2.45) is 0 Å². The minimum absolute atomic E-state index is 0.0589. The van der Waals surface area contributed by atoms with Gasteiger partial charge in [-0.2, -0.15) is 0 Å². The predicted octanol–water partition coefficient (Wildman–Crippen LogP) is 1.88. The second-order valence-electron chi connectivity index (χ2n) is 5.46. The number of hydrogen-bond donors (Lipinski definition) is 0. The molecule has 0 spiro atoms. The first-order valence-corrected chi connectivity index (χ1v) is 7.57. The Balaban J connectivity index is 2.84. The van der Waals surface area contributed by atoms with Crippen molar-refractivity contribution in [1.29, 1.82) is 0 Å². The van der Waals surface area contributed by atoms with Crippen molar-refractivity contribution < 1.29 is 28.6 Å². The fraction of sp³-hybridized carbons (Fsp3) is 0.800. The zero-order valence-electron chi connectivity index (χ0n) is 13.6. The third-order valence-corrected chi connectivity index (χ3v) is 4.02. The second kappa shape index (κ2) is 8.60. The van der Waals surface area contributed by atoms with E-state index in [1.807, 2.05) is 6.92 Å². The lowest BCUT2D eigenvalue weighted by Crippen LogP contribution is -2.59. The number of carbonyl (C=O) groups is 3. The zero-order valence-corrected chi connectivity index (χ0v) is 13.6. The van der Waals surface area contributed by atoms with Crippen LogP contribution in [0.25, 0.3) is 0 Å². The molecule has 0 heterocycles. The van der Waals surface area contributed by atoms with Gasteiger partial charge in [-0.15, -0.1) is 0 Å². The molecule has 0 unspecified atom stereocenters. The summed E-state index contributed by atoms with van der Waals surface area (Å²) in [5.74, 6) is -0.945. The summed E-state index contributed by atoms with van der Waals surface area (Å²) in [5, 5.41) is 0. The first-order chi connectivity index (χ1) is 10.5. The fourth-order valence-corrected chi connectivity index (χ4v) is 2.47. The fourth-order valence-electron chi connectivity index (χ4n) is 2.47. The van der Waals surface area contributed by atoms with E-state index in [1.54, 1.807) is 0 Å². The Kier molecular flexibility index (Phi) is 7.14. The third-order valence-electron chi connectivity index (χ3n) is 4.02. The smallest absolute Gasteiger partial charge is 0.410 e. The van der Waals surface area contributed by atoms with Gasteiger partial charge in [0.15, 0.2) is 0 Å². The number of hydrogen-bond acceptors (Lipinski definition) is 6. The van der Waals surface area contributed by atoms with Crippen LogP contribution in [0.3, 0.4) is 0 Å². The first-order valence-electron chi connectivity index (χ1n) is 7.57. The molecule has 0 bridgehead atoms. The summed E-state index contributed by atoms with van der Waals surface area (Å²) in [4.78, 5) is 36.9. The van der Waals surface area contributed by atoms with Gasteiger partial charge < -0.3 is 14.2 Å². The molecule has 1 fully saturated rings. The molecule has 1 aliphatic carbocycles. The molecule has 126 valence electrons. The van der Waals surface area contributed by atoms with E-state index in [0.717, 1.165) is 19.3 Å². The average Bonchev–Trinajstić information content (AvgIpc) is 2.48. The molecule has 0 aromatic carbocycles. The van der Waals surface area contributed by atoms with Gasteiger partial charge in [-0.05, 0) is 25.7 Å². The van der Waals surface area contributed by atoms with Crippen LogP contribution in [0.1, 0.15) is 45.4 Å². The Labute approximate surface area is 130 Å². The summed E-state index contributed by atoms with van der Waals surface area (Å²) in [7, 11) is 2.57. The van der Waals surface area contributed by atoms with Gasteiger partial charge in [-0.1, -0.05) is 13.3 Å². The van der Waals surface area contributed by atoms with Crippen LogP contribution >= 0.6 is 0 Å². The average molecular weight is 315 g/mol. The van der Waals surface area contributed by atoms with Gasteiger partial charge in [-0.3, -0.25) is 14.5 Å². The summed E-state index contributed by atoms with van der Waals surface area (Å²) in [6.07, 6.45) is 3.30. The number of esters is 2. The number of carbonyl (C=O) groups excluding carboxylic acids is 3. The Morgan fingerprint density at radius 1 is 1.09 bits per heavy atom. The van der Waals surface area contributed by atoms with Crippen molar-refractivity contribution in [3.63, 3.8) is 0 Å². The predicted molar refractivity (Wildman–Crippen MR) is 78.2 cm³/mol. The Morgan fingerprint density at radius 3 is 2.18 bits per heavy atom. The molecule has 0 N–H and O–H groups in total. The van der Waals surface area contributed by atoms with E-state index in [1.165, 1.54) is 19.1 Å². The highest BCUT2D eigenvalue weighted by Gasteiger charge is 2.48. The van der Waals surface area contributed by atoms with E-state index >= 15 is 0 Å². The SMILES string of the molecule is CCCCOC(=O)N(CC(=O)OC)C1(CC(=O)OC)CCC1. The van der Waals surface area contributed by atoms with Crippen molar-refractivity contribution in [3.05, 3.63) is 0 Å². The minimum atomic E-state index is -0.704. The van der Waals surface area contributed by atoms with Crippen LogP contribution in [-0.2, 0) is 23.8 Å². The normalized spacial score (nSPS) is 15.4. The standard InChI is InChI=1S/C15H25NO6/c1-4-5-9-22-14(19)16(11-13(18)21-3)15(7-6-8-15)10-12(17)20-2/h4-11H2,1-3H3. The number of amides is 1. The molecule has 1 rings (SSSR count). The number of nitrogens with zero attached hydrogens (tertiary/aromatic N) is 1. The largest absolute Gasteiger partial charge is 0.469 e. The summed E-state index contributed by atoms with van der Waals surface area (Å²) >= 11 is 0. The molecule has 0 aromatic heterocycles. The van der Waals surface area contributed by atoms with Gasteiger partial charge in [0.05, 0.1) is 32.8 Å². The molecule has 0 aliphatic heterocycles. The highest BCUT2D eigenvalue weighted by Crippen LogP contribution is 2.41. The molecule has 7 heteroatoms. The molecule has 1 saturated carbocycles. The Hall–Kier alpha value is -1.79. The highest BCUT2D eigenvalue weighted by molar-refractivity contribution is 5.80. The zero-order chi connectivity index (χ0) is 16.6. The van der Waals surface area contributed by atoms with Gasteiger partial charge in [-0.25, -0.2) is 4.79 Å². The quantitative estimate of drug-likeness (QED) is 0.386. The topological polar surface area (TPSA) is 82.1 Å². The van der Waals surface area contributed by atoms with Gasteiger partial charge in [0.25, 0.3) is 0 Å². The van der Waals surface area contributed by atoms with E-state index in [2.05, 4.69) is 4.74 Å². The van der Waals surface area contributed by atoms with Gasteiger partial charge in [0, 0.05) is 0 Å². The monoisotopic (exact) mass is 315 g/mol. The van der Waals surface area contributed by atoms with E-state index in [4.69, 9.17) is 9.47 Å². The van der Waals surface area contributed by atoms with Crippen molar-refractivity contribution in [2.45, 2.75) is 51.0 Å². The maximum absolute atomic E-state index is 12.3. The lowest BCUT2D eigenvalue weighted by atomic mass is 9.73. The van der Waals surface area contributed by atoms with Crippen LogP contribution in [-0.4, -0.2) is 55.8 Å². The minimum Gasteiger partial charge on any atom is -0.469 e. The maximum Gasteiger partial charge on any atom is 0.410 e. The number of methoxy groups -OCH3 is 2. The van der Waals surface area contributed by atoms with Gasteiger partial charge in [0.1, 0.15) is 6.54 Å². The molecular weight excluding hydrogens is 290 g/mol. The summed E-state index contributed by atoms with van der Waals surface area (Å²) in [5.41, 5.74) is -0.704. The molecule has 7 nitrogen and oxygen atoms in total. The number of ether oxygens (including phenoxy) is 3. The van der Waals surface area contributed by atoms with Crippen LogP contribution in [0, 0.1) is 0 Å². The van der Waals surface area contributed by atoms with Gasteiger partial charge >= 0.3 is 18.0 Å². The van der Waals surface area contributed by atoms with E-state index in [-0.39, 0.29) is 13.0 Å². The van der Waals surface area contributed by atoms with Crippen molar-refractivity contribution in [3.8, 4) is 0 Å². The molecule has 22 heavy (non-hydrogen) atoms. The third kappa shape index (κ3) is 4.61. The summed E-state index contributed by atoms with van der Waals surface area (Å²) in [6.45, 7) is 2.06. The molecular formula is C15H25NO6. The van der Waals surface area contributed by atoms with Crippen LogP contribution in [0.2, 0.25) is 0 Å². The lowest BCUT2D eigenvalue weighted by molar-refractivity contribution is -0.150. The van der Waals surface area contributed by atoms with Crippen molar-refractivity contribution in [1.82, 2.24) is 4.90 Å². The molecule has 1 amide bonds. The summed E-state index contributed by atoms with van der Waals surface area (Å²) < 4.78 is 14.6. The van der Waals surface area contributed by atoms with Crippen LogP contribution in [0.5, 0.6) is 0 Å². The van der Waals surface area contributed by atoms with E-state index in [9.17, 15) is 14.4 Å². The van der Waals surface area contributed by atoms with Crippen molar-refractivity contribution >= 4 is 18.0 Å². The van der Waals surface area contributed by atoms with E-state index < -0.39 is 23.6 Å².